The number of benzene rings is 1. The van der Waals surface area contributed by atoms with Crippen molar-refractivity contribution in [2.75, 3.05) is 30.0 Å². The first kappa shape index (κ1) is 18.9. The predicted octanol–water partition coefficient (Wildman–Crippen LogP) is 2.17. The number of fused-ring (bicyclic) bond motifs is 3. The summed E-state index contributed by atoms with van der Waals surface area (Å²) in [4.78, 5) is 27.3. The van der Waals surface area contributed by atoms with Gasteiger partial charge in [-0.2, -0.15) is 4.39 Å². The number of rotatable bonds is 5. The number of ether oxygens (including phenoxy) is 2. The Morgan fingerprint density at radius 3 is 2.90 bits per heavy atom. The van der Waals surface area contributed by atoms with Gasteiger partial charge in [-0.1, -0.05) is 0 Å². The van der Waals surface area contributed by atoms with Crippen LogP contribution in [0, 0.1) is 5.95 Å². The highest BCUT2D eigenvalue weighted by Gasteiger charge is 2.44. The number of imidazole rings is 1. The van der Waals surface area contributed by atoms with E-state index in [0.717, 1.165) is 4.57 Å². The van der Waals surface area contributed by atoms with E-state index in [2.05, 4.69) is 15.0 Å². The maximum atomic E-state index is 15.0. The summed E-state index contributed by atoms with van der Waals surface area (Å²) in [5.74, 6) is -2.12. The Kier molecular flexibility index (Phi) is 4.68. The molecule has 9 nitrogen and oxygen atoms in total. The number of hydrogen-bond donors (Lipinski definition) is 2. The van der Waals surface area contributed by atoms with Crippen LogP contribution in [0.2, 0.25) is 0 Å². The number of carbonyl (C=O) groups is 2. The van der Waals surface area contributed by atoms with Crippen LogP contribution in [0.4, 0.5) is 29.5 Å². The van der Waals surface area contributed by atoms with Crippen LogP contribution in [0.25, 0.3) is 11.4 Å². The van der Waals surface area contributed by atoms with Crippen LogP contribution in [0.1, 0.15) is 0 Å². The number of halogens is 3. The number of aromatic nitrogens is 2. The quantitative estimate of drug-likeness (QED) is 0.775. The summed E-state index contributed by atoms with van der Waals surface area (Å²) >= 11 is 0. The predicted molar refractivity (Wildman–Crippen MR) is 92.9 cm³/mol. The standard InChI is InChI=1S/C17H15F3N4O5/c18-13(19)10-7-29-17(27)24(10)16-14(20)23-3-4-28-11-5-8(21-6-12(25)26)1-2-9(11)15(23)22-16/h1-2,5,10,13,21H,3-4,6-7H2,(H,25,26). The minimum Gasteiger partial charge on any atom is -0.491 e. The summed E-state index contributed by atoms with van der Waals surface area (Å²) in [6.07, 6.45) is -4.02. The van der Waals surface area contributed by atoms with Gasteiger partial charge in [-0.05, 0) is 12.1 Å². The highest BCUT2D eigenvalue weighted by Crippen LogP contribution is 2.38. The molecule has 0 saturated carbocycles. The van der Waals surface area contributed by atoms with E-state index in [0.29, 0.717) is 21.9 Å². The number of alkyl halides is 2. The minimum atomic E-state index is -2.93. The average Bonchev–Trinajstić information content (AvgIpc) is 3.14. The van der Waals surface area contributed by atoms with Gasteiger partial charge in [0.25, 0.3) is 6.43 Å². The van der Waals surface area contributed by atoms with Crippen LogP contribution in [-0.4, -0.2) is 58.9 Å². The number of amides is 1. The van der Waals surface area contributed by atoms with E-state index >= 15 is 4.39 Å². The molecular weight excluding hydrogens is 397 g/mol. The number of nitrogens with one attached hydrogen (secondary N) is 1. The van der Waals surface area contributed by atoms with E-state index < -0.39 is 42.9 Å². The monoisotopic (exact) mass is 412 g/mol. The topological polar surface area (TPSA) is 106 Å². The first-order valence-electron chi connectivity index (χ1n) is 8.60. The molecule has 1 aromatic carbocycles. The zero-order valence-electron chi connectivity index (χ0n) is 14.8. The number of cyclic esters (lactones) is 1. The van der Waals surface area contributed by atoms with Crippen molar-refractivity contribution in [3.8, 4) is 17.1 Å². The van der Waals surface area contributed by atoms with Gasteiger partial charge in [0, 0.05) is 11.8 Å². The van der Waals surface area contributed by atoms with Gasteiger partial charge in [0.05, 0.1) is 12.1 Å². The summed E-state index contributed by atoms with van der Waals surface area (Å²) in [7, 11) is 0. The van der Waals surface area contributed by atoms with E-state index in [1.807, 2.05) is 0 Å². The number of carbonyl (C=O) groups excluding carboxylic acids is 1. The van der Waals surface area contributed by atoms with Crippen LogP contribution < -0.4 is 15.0 Å². The molecule has 0 bridgehead atoms. The molecule has 3 heterocycles. The van der Waals surface area contributed by atoms with Gasteiger partial charge in [-0.3, -0.25) is 9.36 Å². The maximum Gasteiger partial charge on any atom is 0.416 e. The SMILES string of the molecule is O=C(O)CNc1ccc2c(c1)OCCn1c-2nc(N2C(=O)OCC2C(F)F)c1F. The molecule has 12 heteroatoms. The molecule has 1 atom stereocenters. The molecule has 1 unspecified atom stereocenters. The molecule has 4 rings (SSSR count). The van der Waals surface area contributed by atoms with Crippen LogP contribution in [0.3, 0.4) is 0 Å². The Hall–Kier alpha value is -3.44. The molecule has 1 aromatic heterocycles. The third-order valence-electron chi connectivity index (χ3n) is 4.55. The Labute approximate surface area is 161 Å². The maximum absolute atomic E-state index is 15.0. The fourth-order valence-electron chi connectivity index (χ4n) is 3.21. The van der Waals surface area contributed by atoms with Crippen molar-refractivity contribution in [2.24, 2.45) is 0 Å². The van der Waals surface area contributed by atoms with Crippen molar-refractivity contribution < 1.29 is 37.3 Å². The minimum absolute atomic E-state index is 0.0307. The Balaban J connectivity index is 1.74. The number of aliphatic carboxylic acids is 1. The molecule has 154 valence electrons. The van der Waals surface area contributed by atoms with Gasteiger partial charge in [-0.15, -0.1) is 0 Å². The number of carboxylic acids is 1. The lowest BCUT2D eigenvalue weighted by Gasteiger charge is -2.18. The summed E-state index contributed by atoms with van der Waals surface area (Å²) < 4.78 is 52.9. The normalized spacial score (nSPS) is 18.0. The fourth-order valence-corrected chi connectivity index (χ4v) is 3.21. The van der Waals surface area contributed by atoms with E-state index in [1.165, 1.54) is 6.07 Å². The lowest BCUT2D eigenvalue weighted by Crippen LogP contribution is -2.39. The number of hydrogen-bond acceptors (Lipinski definition) is 6. The average molecular weight is 412 g/mol. The lowest BCUT2D eigenvalue weighted by molar-refractivity contribution is -0.134. The molecule has 2 aliphatic rings. The van der Waals surface area contributed by atoms with Crippen LogP contribution in [-0.2, 0) is 16.1 Å². The van der Waals surface area contributed by atoms with Gasteiger partial charge >= 0.3 is 12.1 Å². The molecule has 1 saturated heterocycles. The van der Waals surface area contributed by atoms with E-state index in [-0.39, 0.29) is 25.5 Å². The van der Waals surface area contributed by atoms with Gasteiger partial charge in [-0.25, -0.2) is 23.5 Å². The zero-order chi connectivity index (χ0) is 20.7. The van der Waals surface area contributed by atoms with Crippen molar-refractivity contribution >= 4 is 23.6 Å². The second-order valence-electron chi connectivity index (χ2n) is 6.36. The Morgan fingerprint density at radius 2 is 2.17 bits per heavy atom. The lowest BCUT2D eigenvalue weighted by atomic mass is 10.1. The second-order valence-corrected chi connectivity index (χ2v) is 6.36. The number of carboxylic acid groups (broad SMARTS) is 1. The molecule has 0 aliphatic carbocycles. The third-order valence-corrected chi connectivity index (χ3v) is 4.55. The molecule has 1 fully saturated rings. The van der Waals surface area contributed by atoms with Crippen molar-refractivity contribution in [2.45, 2.75) is 19.0 Å². The van der Waals surface area contributed by atoms with Gasteiger partial charge in [0.1, 0.15) is 37.4 Å². The third kappa shape index (κ3) is 3.30. The summed E-state index contributed by atoms with van der Waals surface area (Å²) in [6, 6.07) is 3.00. The Morgan fingerprint density at radius 1 is 1.38 bits per heavy atom. The molecule has 0 radical (unpaired) electrons. The molecule has 0 spiro atoms. The smallest absolute Gasteiger partial charge is 0.416 e. The highest BCUT2D eigenvalue weighted by molar-refractivity contribution is 5.90. The second kappa shape index (κ2) is 7.18. The molecule has 29 heavy (non-hydrogen) atoms. The highest BCUT2D eigenvalue weighted by atomic mass is 19.3. The summed E-state index contributed by atoms with van der Waals surface area (Å²) in [6.45, 7) is -0.782. The number of anilines is 2. The van der Waals surface area contributed by atoms with Crippen LogP contribution in [0.5, 0.6) is 5.75 Å². The van der Waals surface area contributed by atoms with Crippen molar-refractivity contribution in [1.29, 1.82) is 0 Å². The first-order chi connectivity index (χ1) is 13.9. The molecule has 1 amide bonds. The molecule has 2 aromatic rings. The summed E-state index contributed by atoms with van der Waals surface area (Å²) in [5, 5.41) is 11.5. The summed E-state index contributed by atoms with van der Waals surface area (Å²) in [5.41, 5.74) is 0.836. The number of nitrogens with zero attached hydrogens (tertiary/aromatic N) is 3. The Bertz CT molecular complexity index is 980. The fraction of sp³-hybridized carbons (Fsp3) is 0.353. The van der Waals surface area contributed by atoms with Crippen molar-refractivity contribution in [1.82, 2.24) is 9.55 Å². The van der Waals surface area contributed by atoms with E-state index in [4.69, 9.17) is 9.84 Å². The van der Waals surface area contributed by atoms with E-state index in [9.17, 15) is 18.4 Å². The van der Waals surface area contributed by atoms with E-state index in [1.54, 1.807) is 12.1 Å². The van der Waals surface area contributed by atoms with Gasteiger partial charge in [0.15, 0.2) is 5.82 Å². The van der Waals surface area contributed by atoms with Crippen LogP contribution in [0.15, 0.2) is 18.2 Å². The largest absolute Gasteiger partial charge is 0.491 e. The van der Waals surface area contributed by atoms with Crippen LogP contribution >= 0.6 is 0 Å². The molecule has 2 aliphatic heterocycles. The molecule has 2 N–H and O–H groups in total. The zero-order valence-corrected chi connectivity index (χ0v) is 14.8. The van der Waals surface area contributed by atoms with Crippen molar-refractivity contribution in [3.05, 3.63) is 24.1 Å². The van der Waals surface area contributed by atoms with Gasteiger partial charge in [0.2, 0.25) is 5.95 Å². The molecular formula is C17H15F3N4O5. The van der Waals surface area contributed by atoms with Gasteiger partial charge < -0.3 is 19.9 Å². The van der Waals surface area contributed by atoms with Crippen molar-refractivity contribution in [3.63, 3.8) is 0 Å². The first-order valence-corrected chi connectivity index (χ1v) is 8.60.